The summed E-state index contributed by atoms with van der Waals surface area (Å²) < 4.78 is 0. The van der Waals surface area contributed by atoms with Crippen LogP contribution < -0.4 is 5.32 Å². The monoisotopic (exact) mass is 252 g/mol. The van der Waals surface area contributed by atoms with Crippen LogP contribution in [0, 0.1) is 17.8 Å². The van der Waals surface area contributed by atoms with Crippen LogP contribution in [0.25, 0.3) is 0 Å². The van der Waals surface area contributed by atoms with E-state index in [1.54, 1.807) is 0 Å². The lowest BCUT2D eigenvalue weighted by atomic mass is 9.83. The van der Waals surface area contributed by atoms with Gasteiger partial charge in [0.15, 0.2) is 0 Å². The summed E-state index contributed by atoms with van der Waals surface area (Å²) in [6.07, 6.45) is 8.62. The molecule has 0 aromatic carbocycles. The van der Waals surface area contributed by atoms with Crippen molar-refractivity contribution in [2.24, 2.45) is 17.8 Å². The van der Waals surface area contributed by atoms with Crippen molar-refractivity contribution in [1.82, 2.24) is 10.2 Å². The van der Waals surface area contributed by atoms with Crippen LogP contribution in [-0.4, -0.2) is 37.6 Å². The molecule has 1 saturated heterocycles. The minimum Gasteiger partial charge on any atom is -0.315 e. The first kappa shape index (κ1) is 14.3. The van der Waals surface area contributed by atoms with Gasteiger partial charge in [0.25, 0.3) is 0 Å². The predicted octanol–water partition coefficient (Wildman–Crippen LogP) is 3.13. The molecule has 2 aliphatic rings. The first-order chi connectivity index (χ1) is 8.74. The van der Waals surface area contributed by atoms with E-state index in [-0.39, 0.29) is 0 Å². The Morgan fingerprint density at radius 2 is 1.50 bits per heavy atom. The highest BCUT2D eigenvalue weighted by Crippen LogP contribution is 2.27. The normalized spacial score (nSPS) is 31.7. The van der Waals surface area contributed by atoms with Crippen molar-refractivity contribution in [3.05, 3.63) is 0 Å². The fourth-order valence-electron chi connectivity index (χ4n) is 3.36. The zero-order valence-electron chi connectivity index (χ0n) is 12.5. The van der Waals surface area contributed by atoms with Gasteiger partial charge in [-0.05, 0) is 63.1 Å². The lowest BCUT2D eigenvalue weighted by Gasteiger charge is -2.31. The molecule has 0 unspecified atom stereocenters. The molecule has 2 fully saturated rings. The summed E-state index contributed by atoms with van der Waals surface area (Å²) in [5, 5.41) is 3.69. The molecule has 0 bridgehead atoms. The number of piperidine rings is 1. The Bertz CT molecular complexity index is 189. The molecule has 0 amide bonds. The molecular weight excluding hydrogens is 220 g/mol. The molecule has 1 heterocycles. The summed E-state index contributed by atoms with van der Waals surface area (Å²) in [6, 6.07) is 0. The number of nitrogens with zero attached hydrogens (tertiary/aromatic N) is 1. The number of hydrogen-bond donors (Lipinski definition) is 1. The Balaban J connectivity index is 1.48. The second-order valence-electron chi connectivity index (χ2n) is 6.85. The molecule has 0 aromatic heterocycles. The molecule has 0 radical (unpaired) electrons. The van der Waals surface area contributed by atoms with Crippen LogP contribution in [0.2, 0.25) is 0 Å². The molecule has 2 nitrogen and oxygen atoms in total. The van der Waals surface area contributed by atoms with E-state index >= 15 is 0 Å². The number of hydrogen-bond acceptors (Lipinski definition) is 2. The highest BCUT2D eigenvalue weighted by atomic mass is 15.1. The van der Waals surface area contributed by atoms with Crippen LogP contribution in [0.3, 0.4) is 0 Å². The minimum atomic E-state index is 0.957. The zero-order valence-corrected chi connectivity index (χ0v) is 12.5. The summed E-state index contributed by atoms with van der Waals surface area (Å²) in [5.41, 5.74) is 0. The molecule has 18 heavy (non-hydrogen) atoms. The Morgan fingerprint density at radius 3 is 2.17 bits per heavy atom. The van der Waals surface area contributed by atoms with Gasteiger partial charge in [-0.25, -0.2) is 0 Å². The fourth-order valence-corrected chi connectivity index (χ4v) is 3.36. The van der Waals surface area contributed by atoms with Gasteiger partial charge in [-0.1, -0.05) is 26.7 Å². The van der Waals surface area contributed by atoms with Gasteiger partial charge in [0.05, 0.1) is 0 Å². The predicted molar refractivity (Wildman–Crippen MR) is 78.8 cm³/mol. The second-order valence-corrected chi connectivity index (χ2v) is 6.85. The van der Waals surface area contributed by atoms with Gasteiger partial charge in [-0.2, -0.15) is 0 Å². The molecule has 2 rings (SSSR count). The molecule has 0 aromatic rings. The van der Waals surface area contributed by atoms with Crippen molar-refractivity contribution >= 4 is 0 Å². The Morgan fingerprint density at radius 1 is 0.889 bits per heavy atom. The molecule has 0 spiro atoms. The fraction of sp³-hybridized carbons (Fsp3) is 1.00. The van der Waals surface area contributed by atoms with Crippen molar-refractivity contribution in [3.8, 4) is 0 Å². The second kappa shape index (κ2) is 7.49. The maximum absolute atomic E-state index is 3.69. The molecular formula is C16H32N2. The van der Waals surface area contributed by atoms with E-state index < -0.39 is 0 Å². The minimum absolute atomic E-state index is 0.957. The average Bonchev–Trinajstić information content (AvgIpc) is 2.39. The van der Waals surface area contributed by atoms with Crippen molar-refractivity contribution < 1.29 is 0 Å². The van der Waals surface area contributed by atoms with Crippen LogP contribution in [0.15, 0.2) is 0 Å². The van der Waals surface area contributed by atoms with Gasteiger partial charge in [0, 0.05) is 13.1 Å². The summed E-state index contributed by atoms with van der Waals surface area (Å²) in [4.78, 5) is 2.63. The van der Waals surface area contributed by atoms with Gasteiger partial charge in [0.2, 0.25) is 0 Å². The van der Waals surface area contributed by atoms with Gasteiger partial charge in [-0.15, -0.1) is 0 Å². The molecule has 1 aliphatic carbocycles. The molecule has 106 valence electrons. The lowest BCUT2D eigenvalue weighted by Crippen LogP contribution is -2.39. The summed E-state index contributed by atoms with van der Waals surface area (Å²) in [5.74, 6) is 2.90. The highest BCUT2D eigenvalue weighted by Gasteiger charge is 2.18. The quantitative estimate of drug-likeness (QED) is 0.756. The third kappa shape index (κ3) is 4.89. The maximum atomic E-state index is 3.69. The molecule has 1 saturated carbocycles. The first-order valence-corrected chi connectivity index (χ1v) is 8.17. The van der Waals surface area contributed by atoms with Gasteiger partial charge >= 0.3 is 0 Å². The topological polar surface area (TPSA) is 15.3 Å². The van der Waals surface area contributed by atoms with E-state index in [0.717, 1.165) is 17.8 Å². The van der Waals surface area contributed by atoms with Gasteiger partial charge < -0.3 is 10.2 Å². The van der Waals surface area contributed by atoms with Gasteiger partial charge in [0.1, 0.15) is 0 Å². The molecule has 1 N–H and O–H groups in total. The smallest absolute Gasteiger partial charge is 0.0107 e. The van der Waals surface area contributed by atoms with Crippen molar-refractivity contribution in [3.63, 3.8) is 0 Å². The largest absolute Gasteiger partial charge is 0.315 e. The van der Waals surface area contributed by atoms with E-state index in [1.165, 1.54) is 71.2 Å². The highest BCUT2D eigenvalue weighted by molar-refractivity contribution is 4.73. The van der Waals surface area contributed by atoms with Crippen LogP contribution in [0.4, 0.5) is 0 Å². The Kier molecular flexibility index (Phi) is 5.97. The Labute approximate surface area is 114 Å². The van der Waals surface area contributed by atoms with Crippen LogP contribution in [0.1, 0.15) is 52.4 Å². The standard InChI is InChI=1S/C16H32N2/c1-14-3-5-16(6-4-14)13-17-9-12-18-10-7-15(2)8-11-18/h14-17H,3-13H2,1-2H3. The molecule has 0 atom stereocenters. The lowest BCUT2D eigenvalue weighted by molar-refractivity contribution is 0.190. The number of rotatable bonds is 5. The summed E-state index contributed by atoms with van der Waals surface area (Å²) in [6.45, 7) is 11.2. The van der Waals surface area contributed by atoms with Gasteiger partial charge in [-0.3, -0.25) is 0 Å². The summed E-state index contributed by atoms with van der Waals surface area (Å²) in [7, 11) is 0. The molecule has 2 heteroatoms. The third-order valence-corrected chi connectivity index (χ3v) is 5.05. The summed E-state index contributed by atoms with van der Waals surface area (Å²) >= 11 is 0. The van der Waals surface area contributed by atoms with Crippen molar-refractivity contribution in [2.75, 3.05) is 32.7 Å². The van der Waals surface area contributed by atoms with E-state index in [4.69, 9.17) is 0 Å². The number of nitrogens with one attached hydrogen (secondary N) is 1. The van der Waals surface area contributed by atoms with E-state index in [2.05, 4.69) is 24.1 Å². The molecule has 1 aliphatic heterocycles. The van der Waals surface area contributed by atoms with Crippen LogP contribution in [-0.2, 0) is 0 Å². The van der Waals surface area contributed by atoms with E-state index in [1.807, 2.05) is 0 Å². The van der Waals surface area contributed by atoms with Crippen LogP contribution >= 0.6 is 0 Å². The number of likely N-dealkylation sites (tertiary alicyclic amines) is 1. The average molecular weight is 252 g/mol. The van der Waals surface area contributed by atoms with Crippen molar-refractivity contribution in [1.29, 1.82) is 0 Å². The third-order valence-electron chi connectivity index (χ3n) is 5.05. The Hall–Kier alpha value is -0.0800. The van der Waals surface area contributed by atoms with E-state index in [0.29, 0.717) is 0 Å². The SMILES string of the molecule is CC1CCC(CNCCN2CCC(C)CC2)CC1. The van der Waals surface area contributed by atoms with Crippen molar-refractivity contribution in [2.45, 2.75) is 52.4 Å². The zero-order chi connectivity index (χ0) is 12.8. The first-order valence-electron chi connectivity index (χ1n) is 8.17. The maximum Gasteiger partial charge on any atom is 0.0107 e. The van der Waals surface area contributed by atoms with E-state index in [9.17, 15) is 0 Å². The van der Waals surface area contributed by atoms with Crippen LogP contribution in [0.5, 0.6) is 0 Å².